The molecule has 2 N–H and O–H groups in total. The van der Waals surface area contributed by atoms with Crippen molar-refractivity contribution in [1.29, 1.82) is 0 Å². The van der Waals surface area contributed by atoms with Gasteiger partial charge in [-0.15, -0.1) is 13.2 Å². The van der Waals surface area contributed by atoms with Crippen molar-refractivity contribution in [3.63, 3.8) is 0 Å². The lowest BCUT2D eigenvalue weighted by Crippen LogP contribution is -2.55. The molecule has 0 bridgehead atoms. The average molecular weight is 525 g/mol. The third-order valence-corrected chi connectivity index (χ3v) is 7.14. The van der Waals surface area contributed by atoms with Crippen LogP contribution in [0.4, 0.5) is 19.0 Å². The van der Waals surface area contributed by atoms with E-state index in [1.54, 1.807) is 12.1 Å². The van der Waals surface area contributed by atoms with Crippen molar-refractivity contribution >= 4 is 22.8 Å². The topological polar surface area (TPSA) is 89.5 Å². The third kappa shape index (κ3) is 5.04. The van der Waals surface area contributed by atoms with Crippen LogP contribution in [0.3, 0.4) is 0 Å². The summed E-state index contributed by atoms with van der Waals surface area (Å²) in [6, 6.07) is 6.04. The molecule has 5 rings (SSSR count). The quantitative estimate of drug-likeness (QED) is 0.415. The molecule has 0 aliphatic carbocycles. The van der Waals surface area contributed by atoms with Crippen molar-refractivity contribution in [3.8, 4) is 28.7 Å². The Morgan fingerprint density at radius 1 is 1.18 bits per heavy atom. The van der Waals surface area contributed by atoms with Gasteiger partial charge in [-0.1, -0.05) is 24.6 Å². The summed E-state index contributed by atoms with van der Waals surface area (Å²) in [6.07, 6.45) is -0.179. The van der Waals surface area contributed by atoms with Crippen molar-refractivity contribution in [1.82, 2.24) is 24.3 Å². The zero-order valence-corrected chi connectivity index (χ0v) is 20.8. The normalized spacial score (nSPS) is 17.1. The first-order chi connectivity index (χ1) is 18.1. The van der Waals surface area contributed by atoms with Crippen molar-refractivity contribution in [2.75, 3.05) is 31.9 Å². The summed E-state index contributed by atoms with van der Waals surface area (Å²) in [5.41, 5.74) is 8.74. The second-order valence-electron chi connectivity index (χ2n) is 9.49. The van der Waals surface area contributed by atoms with Crippen LogP contribution >= 0.6 is 0 Å². The molecular weight excluding hydrogens is 497 g/mol. The molecule has 11 heteroatoms. The molecule has 198 valence electrons. The smallest absolute Gasteiger partial charge is 0.406 e. The molecule has 3 aromatic rings. The molecule has 1 aromatic carbocycles. The van der Waals surface area contributed by atoms with Gasteiger partial charge in [0.2, 0.25) is 5.91 Å². The minimum absolute atomic E-state index is 0.0191. The molecule has 0 unspecified atom stereocenters. The van der Waals surface area contributed by atoms with Gasteiger partial charge in [-0.25, -0.2) is 9.97 Å². The predicted molar refractivity (Wildman–Crippen MR) is 137 cm³/mol. The van der Waals surface area contributed by atoms with Crippen LogP contribution in [-0.2, 0) is 11.8 Å². The number of carbonyl (C=O) groups is 1. The lowest BCUT2D eigenvalue weighted by Gasteiger charge is -2.45. The van der Waals surface area contributed by atoms with Crippen LogP contribution < -0.4 is 10.5 Å². The number of hydrogen-bond donors (Lipinski definition) is 1. The highest BCUT2D eigenvalue weighted by Crippen LogP contribution is 2.37. The molecular formula is C27H27F3N6O2. The number of piperidine rings is 1. The number of anilines is 1. The molecule has 1 amide bonds. The Balaban J connectivity index is 1.36. The number of aryl methyl sites for hydroxylation is 1. The number of hydrogen-bond acceptors (Lipinski definition) is 6. The molecule has 4 heterocycles. The fraction of sp³-hybridized carbons (Fsp3) is 0.370. The number of fused-ring (bicyclic) bond motifs is 1. The van der Waals surface area contributed by atoms with Gasteiger partial charge in [0, 0.05) is 50.7 Å². The molecule has 2 fully saturated rings. The second-order valence-corrected chi connectivity index (χ2v) is 9.49. The first-order valence-corrected chi connectivity index (χ1v) is 12.3. The highest BCUT2D eigenvalue weighted by Gasteiger charge is 2.34. The van der Waals surface area contributed by atoms with Crippen molar-refractivity contribution in [2.45, 2.75) is 25.2 Å². The number of nitrogen functional groups attached to an aromatic ring is 1. The number of benzene rings is 1. The van der Waals surface area contributed by atoms with E-state index in [9.17, 15) is 18.0 Å². The Morgan fingerprint density at radius 2 is 1.87 bits per heavy atom. The Kier molecular flexibility index (Phi) is 6.75. The van der Waals surface area contributed by atoms with Gasteiger partial charge >= 0.3 is 6.36 Å². The van der Waals surface area contributed by atoms with Gasteiger partial charge in [-0.05, 0) is 42.5 Å². The van der Waals surface area contributed by atoms with Gasteiger partial charge in [-0.2, -0.15) is 0 Å². The lowest BCUT2D eigenvalue weighted by atomic mass is 9.93. The number of ether oxygens (including phenoxy) is 1. The van der Waals surface area contributed by atoms with Crippen LogP contribution in [0, 0.1) is 17.8 Å². The fourth-order valence-corrected chi connectivity index (χ4v) is 5.18. The van der Waals surface area contributed by atoms with E-state index in [0.717, 1.165) is 39.0 Å². The van der Waals surface area contributed by atoms with Crippen molar-refractivity contribution < 1.29 is 22.7 Å². The summed E-state index contributed by atoms with van der Waals surface area (Å²) in [5, 5.41) is 0.597. The van der Waals surface area contributed by atoms with E-state index in [-0.39, 0.29) is 23.4 Å². The number of nitrogens with two attached hydrogens (primary N) is 1. The first kappa shape index (κ1) is 25.6. The summed E-state index contributed by atoms with van der Waals surface area (Å²) in [4.78, 5) is 24.5. The van der Waals surface area contributed by atoms with Crippen LogP contribution in [0.5, 0.6) is 5.75 Å². The summed E-state index contributed by atoms with van der Waals surface area (Å²) in [7, 11) is 1.83. The van der Waals surface area contributed by atoms with Gasteiger partial charge in [0.05, 0.1) is 5.39 Å². The van der Waals surface area contributed by atoms with Crippen LogP contribution in [0.15, 0.2) is 43.2 Å². The molecule has 2 aromatic heterocycles. The largest absolute Gasteiger partial charge is 0.573 e. The minimum Gasteiger partial charge on any atom is -0.406 e. The van der Waals surface area contributed by atoms with E-state index in [4.69, 9.17) is 5.73 Å². The number of likely N-dealkylation sites (tertiary alicyclic amines) is 2. The third-order valence-electron chi connectivity index (χ3n) is 7.14. The molecule has 2 aliphatic heterocycles. The highest BCUT2D eigenvalue weighted by atomic mass is 19.4. The van der Waals surface area contributed by atoms with E-state index >= 15 is 0 Å². The summed E-state index contributed by atoms with van der Waals surface area (Å²) >= 11 is 0. The van der Waals surface area contributed by atoms with E-state index in [1.165, 1.54) is 24.5 Å². The lowest BCUT2D eigenvalue weighted by molar-refractivity contribution is -0.274. The van der Waals surface area contributed by atoms with E-state index in [0.29, 0.717) is 33.9 Å². The number of rotatable bonds is 4. The number of nitrogens with zero attached hydrogens (tertiary/aromatic N) is 5. The Morgan fingerprint density at radius 3 is 2.50 bits per heavy atom. The highest BCUT2D eigenvalue weighted by molar-refractivity contribution is 6.03. The summed E-state index contributed by atoms with van der Waals surface area (Å²) < 4.78 is 43.7. The molecule has 2 saturated heterocycles. The summed E-state index contributed by atoms with van der Waals surface area (Å²) in [6.45, 7) is 6.72. The van der Waals surface area contributed by atoms with Gasteiger partial charge in [0.1, 0.15) is 29.2 Å². The van der Waals surface area contributed by atoms with E-state index in [2.05, 4.69) is 38.0 Å². The van der Waals surface area contributed by atoms with E-state index < -0.39 is 6.36 Å². The number of amides is 1. The van der Waals surface area contributed by atoms with Crippen LogP contribution in [0.1, 0.15) is 18.5 Å². The molecule has 0 saturated carbocycles. The Bertz CT molecular complexity index is 1420. The average Bonchev–Trinajstić information content (AvgIpc) is 3.15. The molecule has 2 aliphatic rings. The van der Waals surface area contributed by atoms with Crippen molar-refractivity contribution in [3.05, 3.63) is 48.9 Å². The number of aromatic nitrogens is 3. The maximum Gasteiger partial charge on any atom is 0.573 e. The number of halogens is 3. The van der Waals surface area contributed by atoms with Gasteiger partial charge in [0.25, 0.3) is 0 Å². The monoisotopic (exact) mass is 524 g/mol. The van der Waals surface area contributed by atoms with Crippen LogP contribution in [-0.4, -0.2) is 68.8 Å². The van der Waals surface area contributed by atoms with Crippen LogP contribution in [0.2, 0.25) is 0 Å². The zero-order valence-electron chi connectivity index (χ0n) is 20.8. The first-order valence-electron chi connectivity index (χ1n) is 12.3. The Hall–Kier alpha value is -4.04. The number of carbonyl (C=O) groups excluding carboxylic acids is 1. The molecule has 8 nitrogen and oxygen atoms in total. The SMILES string of the molecule is C=CC(=O)N1CCC(N2CC(C#Cc3c(-c4ccc(OC(F)(F)F)cc4)c4c(N)ncnc4n3C)C2)CC1. The number of alkyl halides is 3. The van der Waals surface area contributed by atoms with Crippen molar-refractivity contribution in [2.24, 2.45) is 13.0 Å². The van der Waals surface area contributed by atoms with Gasteiger partial charge in [-0.3, -0.25) is 9.69 Å². The second kappa shape index (κ2) is 10.0. The predicted octanol–water partition coefficient (Wildman–Crippen LogP) is 3.58. The van der Waals surface area contributed by atoms with Gasteiger partial charge < -0.3 is 19.9 Å². The minimum atomic E-state index is -4.77. The molecule has 0 atom stereocenters. The van der Waals surface area contributed by atoms with Crippen LogP contribution in [0.25, 0.3) is 22.2 Å². The van der Waals surface area contributed by atoms with E-state index in [1.807, 2.05) is 16.5 Å². The molecule has 0 radical (unpaired) electrons. The Labute approximate surface area is 217 Å². The maximum atomic E-state index is 12.6. The zero-order chi connectivity index (χ0) is 27.0. The molecule has 0 spiro atoms. The standard InChI is InChI=1S/C27H27F3N6O2/c1-3-22(37)35-12-10-19(11-13-35)36-14-17(15-36)4-9-21-23(24-25(31)32-16-33-26(24)34(21)2)18-5-7-20(8-6-18)38-27(28,29)30/h3,5-8,16-17,19H,1,10-15H2,2H3,(H2,31,32,33). The maximum absolute atomic E-state index is 12.6. The molecule has 38 heavy (non-hydrogen) atoms. The van der Waals surface area contributed by atoms with Gasteiger partial charge in [0.15, 0.2) is 0 Å². The summed E-state index contributed by atoms with van der Waals surface area (Å²) in [5.74, 6) is 6.77. The fourth-order valence-electron chi connectivity index (χ4n) is 5.18.